The number of hydrogen-bond acceptors (Lipinski definition) is 6. The number of hydrogen-bond donors (Lipinski definition) is 1. The molecule has 1 atom stereocenters. The van der Waals surface area contributed by atoms with E-state index in [0.29, 0.717) is 29.3 Å². The fraction of sp³-hybridized carbons (Fsp3) is 0.474. The number of carbonyl (C=O) groups is 1. The lowest BCUT2D eigenvalue weighted by Gasteiger charge is -2.23. The largest absolute Gasteiger partial charge is 0.357 e. The Morgan fingerprint density at radius 1 is 1.14 bits per heavy atom. The molecule has 0 aliphatic carbocycles. The average Bonchev–Trinajstić information content (AvgIpc) is 3.43. The fourth-order valence-corrected chi connectivity index (χ4v) is 6.84. The van der Waals surface area contributed by atoms with Crippen LogP contribution in [-0.2, 0) is 14.8 Å². The molecule has 9 heteroatoms. The van der Waals surface area contributed by atoms with Gasteiger partial charge < -0.3 is 10.2 Å². The predicted molar refractivity (Wildman–Crippen MR) is 110 cm³/mol. The second-order valence-corrected chi connectivity index (χ2v) is 10.6. The Hall–Kier alpha value is -1.97. The quantitative estimate of drug-likeness (QED) is 0.804. The third-order valence-corrected chi connectivity index (χ3v) is 8.61. The van der Waals surface area contributed by atoms with Crippen molar-refractivity contribution in [3.05, 3.63) is 35.3 Å². The number of aryl methyl sites for hydroxylation is 1. The van der Waals surface area contributed by atoms with Crippen LogP contribution in [0.3, 0.4) is 0 Å². The summed E-state index contributed by atoms with van der Waals surface area (Å²) in [5.41, 5.74) is 0.587. The van der Waals surface area contributed by atoms with Crippen LogP contribution in [0.4, 0.5) is 11.5 Å². The number of nitrogens with zero attached hydrogens (tertiary/aromatic N) is 3. The Balaban J connectivity index is 1.46. The highest BCUT2D eigenvalue weighted by Crippen LogP contribution is 2.30. The van der Waals surface area contributed by atoms with E-state index in [4.69, 9.17) is 0 Å². The van der Waals surface area contributed by atoms with Crippen molar-refractivity contribution in [3.63, 3.8) is 0 Å². The second-order valence-electron chi connectivity index (χ2n) is 7.23. The molecule has 28 heavy (non-hydrogen) atoms. The number of nitrogens with one attached hydrogen (secondary N) is 1. The predicted octanol–water partition coefficient (Wildman–Crippen LogP) is 2.84. The second kappa shape index (κ2) is 7.81. The Kier molecular flexibility index (Phi) is 5.39. The summed E-state index contributed by atoms with van der Waals surface area (Å²) < 4.78 is 27.5. The van der Waals surface area contributed by atoms with Gasteiger partial charge in [0.05, 0.1) is 11.9 Å². The highest BCUT2D eigenvalue weighted by Gasteiger charge is 2.40. The summed E-state index contributed by atoms with van der Waals surface area (Å²) in [6, 6.07) is 6.44. The zero-order valence-corrected chi connectivity index (χ0v) is 17.4. The SMILES string of the molecule is Cc1ccc(S(=O)(=O)N2CCCC2C(=O)Nc2ccc(N3CCCC3)nc2)s1. The van der Waals surface area contributed by atoms with Gasteiger partial charge in [0.1, 0.15) is 16.1 Å². The van der Waals surface area contributed by atoms with Gasteiger partial charge in [0, 0.05) is 24.5 Å². The molecule has 0 bridgehead atoms. The van der Waals surface area contributed by atoms with Gasteiger partial charge in [-0.1, -0.05) is 0 Å². The number of pyridine rings is 1. The number of anilines is 2. The summed E-state index contributed by atoms with van der Waals surface area (Å²) >= 11 is 1.24. The molecule has 150 valence electrons. The van der Waals surface area contributed by atoms with Crippen LogP contribution in [0.2, 0.25) is 0 Å². The minimum Gasteiger partial charge on any atom is -0.357 e. The van der Waals surface area contributed by atoms with Gasteiger partial charge in [-0.05, 0) is 56.9 Å². The molecule has 4 rings (SSSR count). The van der Waals surface area contributed by atoms with Gasteiger partial charge in [0.2, 0.25) is 5.91 Å². The van der Waals surface area contributed by atoms with Crippen LogP contribution >= 0.6 is 11.3 Å². The first-order valence-electron chi connectivity index (χ1n) is 9.55. The molecule has 0 spiro atoms. The third-order valence-electron chi connectivity index (χ3n) is 5.23. The van der Waals surface area contributed by atoms with E-state index in [0.717, 1.165) is 23.8 Å². The molecule has 1 unspecified atom stereocenters. The van der Waals surface area contributed by atoms with Gasteiger partial charge in [0.25, 0.3) is 10.0 Å². The van der Waals surface area contributed by atoms with Crippen molar-refractivity contribution in [2.75, 3.05) is 29.9 Å². The van der Waals surface area contributed by atoms with Gasteiger partial charge in [-0.2, -0.15) is 4.31 Å². The first-order valence-corrected chi connectivity index (χ1v) is 11.8. The Morgan fingerprint density at radius 3 is 2.57 bits per heavy atom. The van der Waals surface area contributed by atoms with Gasteiger partial charge in [-0.25, -0.2) is 13.4 Å². The summed E-state index contributed by atoms with van der Waals surface area (Å²) in [7, 11) is -3.65. The van der Waals surface area contributed by atoms with E-state index in [1.165, 1.54) is 28.5 Å². The number of amides is 1. The number of aromatic nitrogens is 1. The van der Waals surface area contributed by atoms with Crippen LogP contribution in [0.5, 0.6) is 0 Å². The minimum absolute atomic E-state index is 0.293. The molecular formula is C19H24N4O3S2. The van der Waals surface area contributed by atoms with Crippen LogP contribution < -0.4 is 10.2 Å². The van der Waals surface area contributed by atoms with E-state index in [2.05, 4.69) is 15.2 Å². The molecule has 0 aromatic carbocycles. The zero-order chi connectivity index (χ0) is 19.7. The molecule has 2 fully saturated rings. The molecule has 2 aliphatic rings. The summed E-state index contributed by atoms with van der Waals surface area (Å²) in [4.78, 5) is 20.4. The molecule has 2 saturated heterocycles. The van der Waals surface area contributed by atoms with Crippen molar-refractivity contribution in [3.8, 4) is 0 Å². The van der Waals surface area contributed by atoms with Gasteiger partial charge in [-0.15, -0.1) is 11.3 Å². The average molecular weight is 421 g/mol. The lowest BCUT2D eigenvalue weighted by molar-refractivity contribution is -0.119. The number of carbonyl (C=O) groups excluding carboxylic acids is 1. The maximum Gasteiger partial charge on any atom is 0.253 e. The topological polar surface area (TPSA) is 82.6 Å². The molecule has 4 heterocycles. The van der Waals surface area contributed by atoms with Crippen LogP contribution in [0, 0.1) is 6.92 Å². The molecule has 1 amide bonds. The maximum absolute atomic E-state index is 12.9. The number of sulfonamides is 1. The van der Waals surface area contributed by atoms with Crippen LogP contribution in [0.25, 0.3) is 0 Å². The lowest BCUT2D eigenvalue weighted by Crippen LogP contribution is -2.42. The van der Waals surface area contributed by atoms with Crippen LogP contribution in [0.1, 0.15) is 30.6 Å². The number of rotatable bonds is 5. The first-order chi connectivity index (χ1) is 13.4. The lowest BCUT2D eigenvalue weighted by atomic mass is 10.2. The molecule has 2 aromatic heterocycles. The van der Waals surface area contributed by atoms with Crippen molar-refractivity contribution in [1.82, 2.24) is 9.29 Å². The van der Waals surface area contributed by atoms with E-state index < -0.39 is 16.1 Å². The summed E-state index contributed by atoms with van der Waals surface area (Å²) in [5, 5.41) is 2.84. The smallest absolute Gasteiger partial charge is 0.253 e. The number of thiophene rings is 1. The van der Waals surface area contributed by atoms with Gasteiger partial charge in [0.15, 0.2) is 0 Å². The summed E-state index contributed by atoms with van der Waals surface area (Å²) in [6.45, 7) is 4.26. The molecule has 1 N–H and O–H groups in total. The summed E-state index contributed by atoms with van der Waals surface area (Å²) in [6.07, 6.45) is 5.19. The highest BCUT2D eigenvalue weighted by molar-refractivity contribution is 7.91. The van der Waals surface area contributed by atoms with Gasteiger partial charge >= 0.3 is 0 Å². The highest BCUT2D eigenvalue weighted by atomic mass is 32.2. The Labute approximate surface area is 169 Å². The fourth-order valence-electron chi connectivity index (χ4n) is 3.78. The van der Waals surface area contributed by atoms with E-state index in [-0.39, 0.29) is 5.91 Å². The van der Waals surface area contributed by atoms with Crippen LogP contribution in [0.15, 0.2) is 34.7 Å². The Morgan fingerprint density at radius 2 is 1.93 bits per heavy atom. The maximum atomic E-state index is 12.9. The van der Waals surface area contributed by atoms with Crippen molar-refractivity contribution >= 4 is 38.8 Å². The van der Waals surface area contributed by atoms with Gasteiger partial charge in [-0.3, -0.25) is 4.79 Å². The molecule has 2 aliphatic heterocycles. The van der Waals surface area contributed by atoms with E-state index in [9.17, 15) is 13.2 Å². The minimum atomic E-state index is -3.65. The van der Waals surface area contributed by atoms with E-state index >= 15 is 0 Å². The standard InChI is InChI=1S/C19H24N4O3S2/c1-14-6-9-18(27-14)28(25,26)23-12-4-5-16(23)19(24)21-15-7-8-17(20-13-15)22-10-2-3-11-22/h6-9,13,16H,2-5,10-12H2,1H3,(H,21,24). The van der Waals surface area contributed by atoms with Crippen LogP contribution in [-0.4, -0.2) is 49.3 Å². The first kappa shape index (κ1) is 19.4. The van der Waals surface area contributed by atoms with E-state index in [1.807, 2.05) is 19.1 Å². The summed E-state index contributed by atoms with van der Waals surface area (Å²) in [5.74, 6) is 0.610. The molecule has 0 saturated carbocycles. The third kappa shape index (κ3) is 3.78. The van der Waals surface area contributed by atoms with E-state index in [1.54, 1.807) is 18.3 Å². The Bertz CT molecular complexity index is 950. The van der Waals surface area contributed by atoms with Crippen molar-refractivity contribution in [2.24, 2.45) is 0 Å². The monoisotopic (exact) mass is 420 g/mol. The zero-order valence-electron chi connectivity index (χ0n) is 15.8. The van der Waals surface area contributed by atoms with Crippen molar-refractivity contribution in [1.29, 1.82) is 0 Å². The molecular weight excluding hydrogens is 396 g/mol. The normalized spacial score (nSPS) is 20.6. The molecule has 0 radical (unpaired) electrons. The molecule has 2 aromatic rings. The molecule has 7 nitrogen and oxygen atoms in total. The van der Waals surface area contributed by atoms with Crippen molar-refractivity contribution in [2.45, 2.75) is 42.9 Å². The van der Waals surface area contributed by atoms with Crippen molar-refractivity contribution < 1.29 is 13.2 Å².